The fourth-order valence-electron chi connectivity index (χ4n) is 2.55. The van der Waals surface area contributed by atoms with Gasteiger partial charge in [0.1, 0.15) is 0 Å². The Morgan fingerprint density at radius 2 is 1.94 bits per heavy atom. The van der Waals surface area contributed by atoms with E-state index in [4.69, 9.17) is 5.73 Å². The molecule has 0 radical (unpaired) electrons. The molecule has 1 saturated carbocycles. The largest absolute Gasteiger partial charge is 0.324 e. The van der Waals surface area contributed by atoms with E-state index < -0.39 is 0 Å². The van der Waals surface area contributed by atoms with Gasteiger partial charge in [-0.1, -0.05) is 44.2 Å². The van der Waals surface area contributed by atoms with E-state index >= 15 is 0 Å². The molecular formula is C15H24N2. The first-order chi connectivity index (χ1) is 8.16. The molecule has 2 nitrogen and oxygen atoms in total. The van der Waals surface area contributed by atoms with Gasteiger partial charge in [-0.3, -0.25) is 0 Å². The molecule has 2 heteroatoms. The lowest BCUT2D eigenvalue weighted by molar-refractivity contribution is 0.229. The van der Waals surface area contributed by atoms with Crippen LogP contribution in [0, 0.1) is 11.8 Å². The van der Waals surface area contributed by atoms with E-state index in [0.717, 1.165) is 18.5 Å². The first kappa shape index (κ1) is 12.6. The maximum Gasteiger partial charge on any atom is 0.0333 e. The Hall–Kier alpha value is -0.860. The molecular weight excluding hydrogens is 208 g/mol. The zero-order chi connectivity index (χ0) is 12.3. The second-order valence-electron chi connectivity index (χ2n) is 5.60. The minimum atomic E-state index is 0.140. The molecule has 1 aliphatic rings. The van der Waals surface area contributed by atoms with Crippen molar-refractivity contribution in [1.29, 1.82) is 0 Å². The fraction of sp³-hybridized carbons (Fsp3) is 0.600. The molecule has 3 N–H and O–H groups in total. The van der Waals surface area contributed by atoms with Gasteiger partial charge in [0.25, 0.3) is 0 Å². The summed E-state index contributed by atoms with van der Waals surface area (Å²) in [4.78, 5) is 0. The normalized spacial score (nSPS) is 27.2. The highest BCUT2D eigenvalue weighted by atomic mass is 14.9. The van der Waals surface area contributed by atoms with Gasteiger partial charge in [-0.15, -0.1) is 0 Å². The Morgan fingerprint density at radius 1 is 1.29 bits per heavy atom. The number of nitrogens with one attached hydrogen (secondary N) is 1. The highest BCUT2D eigenvalue weighted by Gasteiger charge is 2.25. The standard InChI is InChI=1S/C15H24N2/c1-11-8-14(9-11)17-10-12(2)15(16)13-6-4-3-5-7-13/h3-7,11-12,14-15,17H,8-10,16H2,1-2H3. The van der Waals surface area contributed by atoms with Crippen molar-refractivity contribution in [2.75, 3.05) is 6.54 Å². The third kappa shape index (κ3) is 3.30. The molecule has 0 aliphatic heterocycles. The summed E-state index contributed by atoms with van der Waals surface area (Å²) in [5.41, 5.74) is 7.51. The van der Waals surface area contributed by atoms with Crippen molar-refractivity contribution in [1.82, 2.24) is 5.32 Å². The fourth-order valence-corrected chi connectivity index (χ4v) is 2.55. The quantitative estimate of drug-likeness (QED) is 0.819. The molecule has 17 heavy (non-hydrogen) atoms. The van der Waals surface area contributed by atoms with E-state index in [0.29, 0.717) is 5.92 Å². The highest BCUT2D eigenvalue weighted by molar-refractivity contribution is 5.19. The van der Waals surface area contributed by atoms with Crippen molar-refractivity contribution in [3.63, 3.8) is 0 Å². The second-order valence-corrected chi connectivity index (χ2v) is 5.60. The number of benzene rings is 1. The van der Waals surface area contributed by atoms with Crippen molar-refractivity contribution in [2.45, 2.75) is 38.8 Å². The van der Waals surface area contributed by atoms with Gasteiger partial charge in [0.05, 0.1) is 0 Å². The smallest absolute Gasteiger partial charge is 0.0333 e. The Kier molecular flexibility index (Phi) is 4.19. The molecule has 0 heterocycles. The van der Waals surface area contributed by atoms with Gasteiger partial charge in [-0.2, -0.15) is 0 Å². The van der Waals surface area contributed by atoms with Crippen molar-refractivity contribution in [3.8, 4) is 0 Å². The number of nitrogens with two attached hydrogens (primary N) is 1. The molecule has 1 aromatic rings. The van der Waals surface area contributed by atoms with Gasteiger partial charge in [0.15, 0.2) is 0 Å². The van der Waals surface area contributed by atoms with E-state index in [1.165, 1.54) is 18.4 Å². The summed E-state index contributed by atoms with van der Waals surface area (Å²) in [6.07, 6.45) is 2.65. The highest BCUT2D eigenvalue weighted by Crippen LogP contribution is 2.27. The van der Waals surface area contributed by atoms with Gasteiger partial charge < -0.3 is 11.1 Å². The summed E-state index contributed by atoms with van der Waals surface area (Å²) in [7, 11) is 0. The summed E-state index contributed by atoms with van der Waals surface area (Å²) < 4.78 is 0. The molecule has 2 unspecified atom stereocenters. The summed E-state index contributed by atoms with van der Waals surface area (Å²) in [5.74, 6) is 1.39. The summed E-state index contributed by atoms with van der Waals surface area (Å²) in [5, 5.41) is 3.62. The number of rotatable bonds is 5. The molecule has 0 saturated heterocycles. The minimum absolute atomic E-state index is 0.140. The van der Waals surface area contributed by atoms with Crippen molar-refractivity contribution < 1.29 is 0 Å². The lowest BCUT2D eigenvalue weighted by atomic mass is 9.81. The summed E-state index contributed by atoms with van der Waals surface area (Å²) in [6, 6.07) is 11.3. The van der Waals surface area contributed by atoms with E-state index in [1.807, 2.05) is 6.07 Å². The average molecular weight is 232 g/mol. The Morgan fingerprint density at radius 3 is 2.53 bits per heavy atom. The van der Waals surface area contributed by atoms with Gasteiger partial charge in [0.2, 0.25) is 0 Å². The molecule has 1 aliphatic carbocycles. The third-order valence-corrected chi connectivity index (χ3v) is 3.90. The van der Waals surface area contributed by atoms with Gasteiger partial charge in [-0.05, 0) is 36.8 Å². The van der Waals surface area contributed by atoms with Crippen LogP contribution in [0.1, 0.15) is 38.3 Å². The average Bonchev–Trinajstić information content (AvgIpc) is 2.33. The van der Waals surface area contributed by atoms with Crippen molar-refractivity contribution >= 4 is 0 Å². The van der Waals surface area contributed by atoms with E-state index in [9.17, 15) is 0 Å². The van der Waals surface area contributed by atoms with Crippen molar-refractivity contribution in [3.05, 3.63) is 35.9 Å². The monoisotopic (exact) mass is 232 g/mol. The Bertz CT molecular complexity index is 330. The predicted molar refractivity (Wildman–Crippen MR) is 72.7 cm³/mol. The number of hydrogen-bond donors (Lipinski definition) is 2. The lowest BCUT2D eigenvalue weighted by Crippen LogP contribution is -2.43. The molecule has 0 aromatic heterocycles. The summed E-state index contributed by atoms with van der Waals surface area (Å²) in [6.45, 7) is 5.57. The SMILES string of the molecule is CC1CC(NCC(C)C(N)c2ccccc2)C1. The van der Waals surface area contributed by atoms with Crippen LogP contribution in [0.3, 0.4) is 0 Å². The maximum absolute atomic E-state index is 6.27. The Balaban J connectivity index is 1.77. The van der Waals surface area contributed by atoms with Crippen molar-refractivity contribution in [2.24, 2.45) is 17.6 Å². The molecule has 1 aromatic carbocycles. The van der Waals surface area contributed by atoms with Crippen LogP contribution in [0.4, 0.5) is 0 Å². The van der Waals surface area contributed by atoms with Crippen LogP contribution >= 0.6 is 0 Å². The van der Waals surface area contributed by atoms with Gasteiger partial charge in [-0.25, -0.2) is 0 Å². The molecule has 94 valence electrons. The first-order valence-corrected chi connectivity index (χ1v) is 6.70. The zero-order valence-electron chi connectivity index (χ0n) is 10.9. The number of hydrogen-bond acceptors (Lipinski definition) is 2. The van der Waals surface area contributed by atoms with Gasteiger partial charge >= 0.3 is 0 Å². The van der Waals surface area contributed by atoms with Crippen LogP contribution in [-0.2, 0) is 0 Å². The van der Waals surface area contributed by atoms with E-state index in [-0.39, 0.29) is 6.04 Å². The minimum Gasteiger partial charge on any atom is -0.324 e. The Labute approximate surface area is 105 Å². The van der Waals surface area contributed by atoms with E-state index in [1.54, 1.807) is 0 Å². The van der Waals surface area contributed by atoms with E-state index in [2.05, 4.69) is 43.4 Å². The van der Waals surface area contributed by atoms with Crippen LogP contribution in [0.15, 0.2) is 30.3 Å². The first-order valence-electron chi connectivity index (χ1n) is 6.70. The van der Waals surface area contributed by atoms with Crippen LogP contribution in [-0.4, -0.2) is 12.6 Å². The molecule has 2 atom stereocenters. The van der Waals surface area contributed by atoms with Crippen LogP contribution in [0.5, 0.6) is 0 Å². The summed E-state index contributed by atoms with van der Waals surface area (Å²) >= 11 is 0. The molecule has 0 spiro atoms. The molecule has 0 amide bonds. The predicted octanol–water partition coefficient (Wildman–Crippen LogP) is 2.71. The van der Waals surface area contributed by atoms with Crippen LogP contribution in [0.25, 0.3) is 0 Å². The third-order valence-electron chi connectivity index (χ3n) is 3.90. The molecule has 1 fully saturated rings. The second kappa shape index (κ2) is 5.65. The zero-order valence-corrected chi connectivity index (χ0v) is 10.9. The van der Waals surface area contributed by atoms with Crippen LogP contribution < -0.4 is 11.1 Å². The topological polar surface area (TPSA) is 38.0 Å². The lowest BCUT2D eigenvalue weighted by Gasteiger charge is -2.35. The molecule has 0 bridgehead atoms. The van der Waals surface area contributed by atoms with Crippen LogP contribution in [0.2, 0.25) is 0 Å². The van der Waals surface area contributed by atoms with Gasteiger partial charge in [0, 0.05) is 12.1 Å². The molecule has 2 rings (SSSR count). The maximum atomic E-state index is 6.27.